The van der Waals surface area contributed by atoms with E-state index in [1.165, 1.54) is 0 Å². The average Bonchev–Trinajstić information content (AvgIpc) is 2.19. The molecule has 0 saturated heterocycles. The molecule has 2 heteroatoms. The smallest absolute Gasteiger partial charge is 0.125 e. The first-order valence-corrected chi connectivity index (χ1v) is 4.78. The largest absolute Gasteiger partial charge is 0.508 e. The van der Waals surface area contributed by atoms with E-state index in [0.29, 0.717) is 6.61 Å². The van der Waals surface area contributed by atoms with Crippen molar-refractivity contribution in [1.82, 2.24) is 0 Å². The Hall–Kier alpha value is -1.44. The predicted octanol–water partition coefficient (Wildman–Crippen LogP) is 3.05. The van der Waals surface area contributed by atoms with Crippen LogP contribution in [0.15, 0.2) is 30.9 Å². The van der Waals surface area contributed by atoms with Crippen LogP contribution in [0.25, 0.3) is 0 Å². The Labute approximate surface area is 84.8 Å². The molecule has 0 aromatic heterocycles. The summed E-state index contributed by atoms with van der Waals surface area (Å²) in [5, 5.41) is 9.41. The number of ether oxygens (including phenoxy) is 1. The third-order valence-corrected chi connectivity index (χ3v) is 2.07. The van der Waals surface area contributed by atoms with Crippen molar-refractivity contribution in [2.24, 2.45) is 0 Å². The Bertz CT molecular complexity index is 305. The van der Waals surface area contributed by atoms with Gasteiger partial charge in [0.25, 0.3) is 0 Å². The van der Waals surface area contributed by atoms with Gasteiger partial charge in [0, 0.05) is 5.56 Å². The summed E-state index contributed by atoms with van der Waals surface area (Å²) >= 11 is 0. The van der Waals surface area contributed by atoms with E-state index in [4.69, 9.17) is 4.74 Å². The fourth-order valence-corrected chi connectivity index (χ4v) is 1.17. The van der Waals surface area contributed by atoms with Crippen LogP contribution in [0.5, 0.6) is 11.5 Å². The first-order valence-electron chi connectivity index (χ1n) is 4.78. The summed E-state index contributed by atoms with van der Waals surface area (Å²) in [6.45, 7) is 6.15. The summed E-state index contributed by atoms with van der Waals surface area (Å²) < 4.78 is 5.51. The summed E-state index contributed by atoms with van der Waals surface area (Å²) in [5.41, 5.74) is 0.797. The van der Waals surface area contributed by atoms with Crippen LogP contribution in [0.4, 0.5) is 0 Å². The highest BCUT2D eigenvalue weighted by Gasteiger charge is 2.02. The predicted molar refractivity (Wildman–Crippen MR) is 57.8 cm³/mol. The van der Waals surface area contributed by atoms with Crippen LogP contribution in [0.2, 0.25) is 0 Å². The molecule has 0 spiro atoms. The molecular weight excluding hydrogens is 176 g/mol. The van der Waals surface area contributed by atoms with E-state index >= 15 is 0 Å². The second kappa shape index (κ2) is 5.32. The van der Waals surface area contributed by atoms with Crippen LogP contribution < -0.4 is 4.74 Å². The minimum absolute atomic E-state index is 0.284. The SMILES string of the molecule is C=CCCCOc1cccc(O)c1C. The molecular formula is C12H16O2. The first-order chi connectivity index (χ1) is 6.75. The number of rotatable bonds is 5. The molecule has 0 amide bonds. The van der Waals surface area contributed by atoms with Gasteiger partial charge < -0.3 is 9.84 Å². The zero-order valence-corrected chi connectivity index (χ0v) is 8.49. The molecule has 0 bridgehead atoms. The zero-order valence-electron chi connectivity index (χ0n) is 8.49. The molecule has 2 nitrogen and oxygen atoms in total. The van der Waals surface area contributed by atoms with Gasteiger partial charge in [-0.25, -0.2) is 0 Å². The second-order valence-corrected chi connectivity index (χ2v) is 3.18. The molecule has 0 fully saturated rings. The van der Waals surface area contributed by atoms with E-state index in [-0.39, 0.29) is 5.75 Å². The van der Waals surface area contributed by atoms with Gasteiger partial charge in [0.15, 0.2) is 0 Å². The van der Waals surface area contributed by atoms with E-state index in [1.807, 2.05) is 19.1 Å². The van der Waals surface area contributed by atoms with E-state index in [1.54, 1.807) is 12.1 Å². The van der Waals surface area contributed by atoms with Crippen LogP contribution in [-0.2, 0) is 0 Å². The third kappa shape index (κ3) is 2.80. The molecule has 1 rings (SSSR count). The van der Waals surface area contributed by atoms with Crippen molar-refractivity contribution >= 4 is 0 Å². The van der Waals surface area contributed by atoms with Gasteiger partial charge in [-0.05, 0) is 31.9 Å². The maximum Gasteiger partial charge on any atom is 0.125 e. The highest BCUT2D eigenvalue weighted by molar-refractivity contribution is 5.42. The lowest BCUT2D eigenvalue weighted by atomic mass is 10.2. The van der Waals surface area contributed by atoms with Crippen molar-refractivity contribution in [2.45, 2.75) is 19.8 Å². The van der Waals surface area contributed by atoms with Gasteiger partial charge in [-0.3, -0.25) is 0 Å². The van der Waals surface area contributed by atoms with Gasteiger partial charge in [0.1, 0.15) is 11.5 Å². The highest BCUT2D eigenvalue weighted by atomic mass is 16.5. The van der Waals surface area contributed by atoms with Gasteiger partial charge in [0.05, 0.1) is 6.61 Å². The summed E-state index contributed by atoms with van der Waals surface area (Å²) in [7, 11) is 0. The van der Waals surface area contributed by atoms with Gasteiger partial charge in [0.2, 0.25) is 0 Å². The molecule has 1 aromatic rings. The standard InChI is InChI=1S/C12H16O2/c1-3-4-5-9-14-12-8-6-7-11(13)10(12)2/h3,6-8,13H,1,4-5,9H2,2H3. The molecule has 0 unspecified atom stereocenters. The molecule has 0 atom stereocenters. The first kappa shape index (κ1) is 10.6. The van der Waals surface area contributed by atoms with E-state index in [0.717, 1.165) is 24.2 Å². The van der Waals surface area contributed by atoms with Gasteiger partial charge in [-0.2, -0.15) is 0 Å². The Morgan fingerprint density at radius 3 is 3.00 bits per heavy atom. The summed E-state index contributed by atoms with van der Waals surface area (Å²) in [4.78, 5) is 0. The lowest BCUT2D eigenvalue weighted by molar-refractivity contribution is 0.308. The zero-order chi connectivity index (χ0) is 10.4. The number of unbranched alkanes of at least 4 members (excludes halogenated alkanes) is 1. The van der Waals surface area contributed by atoms with Crippen molar-refractivity contribution in [3.05, 3.63) is 36.4 Å². The van der Waals surface area contributed by atoms with E-state index in [9.17, 15) is 5.11 Å². The number of benzene rings is 1. The normalized spacial score (nSPS) is 9.79. The number of hydrogen-bond acceptors (Lipinski definition) is 2. The van der Waals surface area contributed by atoms with Crippen LogP contribution in [0.3, 0.4) is 0 Å². The van der Waals surface area contributed by atoms with Crippen molar-refractivity contribution in [1.29, 1.82) is 0 Å². The molecule has 1 N–H and O–H groups in total. The minimum Gasteiger partial charge on any atom is -0.508 e. The van der Waals surface area contributed by atoms with Gasteiger partial charge in [-0.1, -0.05) is 12.1 Å². The molecule has 0 radical (unpaired) electrons. The number of allylic oxidation sites excluding steroid dienone is 1. The Balaban J connectivity index is 2.50. The molecule has 76 valence electrons. The van der Waals surface area contributed by atoms with Crippen molar-refractivity contribution in [2.75, 3.05) is 6.61 Å². The molecule has 0 aliphatic heterocycles. The molecule has 0 aliphatic carbocycles. The number of phenolic OH excluding ortho intramolecular Hbond substituents is 1. The van der Waals surface area contributed by atoms with Crippen LogP contribution in [0, 0.1) is 6.92 Å². The Morgan fingerprint density at radius 1 is 1.50 bits per heavy atom. The van der Waals surface area contributed by atoms with Crippen molar-refractivity contribution in [3.8, 4) is 11.5 Å². The van der Waals surface area contributed by atoms with Crippen LogP contribution >= 0.6 is 0 Å². The fourth-order valence-electron chi connectivity index (χ4n) is 1.17. The maximum absolute atomic E-state index is 9.41. The Kier molecular flexibility index (Phi) is 4.05. The quantitative estimate of drug-likeness (QED) is 0.574. The number of phenols is 1. The summed E-state index contributed by atoms with van der Waals surface area (Å²) in [6, 6.07) is 5.31. The fraction of sp³-hybridized carbons (Fsp3) is 0.333. The van der Waals surface area contributed by atoms with Crippen LogP contribution in [0.1, 0.15) is 18.4 Å². The van der Waals surface area contributed by atoms with Gasteiger partial charge >= 0.3 is 0 Å². The number of aromatic hydroxyl groups is 1. The van der Waals surface area contributed by atoms with E-state index < -0.39 is 0 Å². The monoisotopic (exact) mass is 192 g/mol. The topological polar surface area (TPSA) is 29.5 Å². The van der Waals surface area contributed by atoms with E-state index in [2.05, 4.69) is 6.58 Å². The highest BCUT2D eigenvalue weighted by Crippen LogP contribution is 2.25. The molecule has 0 aliphatic rings. The van der Waals surface area contributed by atoms with Crippen LogP contribution in [-0.4, -0.2) is 11.7 Å². The average molecular weight is 192 g/mol. The lowest BCUT2D eigenvalue weighted by Crippen LogP contribution is -1.98. The summed E-state index contributed by atoms with van der Waals surface area (Å²) in [6.07, 6.45) is 3.79. The molecule has 14 heavy (non-hydrogen) atoms. The van der Waals surface area contributed by atoms with Crippen molar-refractivity contribution in [3.63, 3.8) is 0 Å². The minimum atomic E-state index is 0.284. The molecule has 0 saturated carbocycles. The Morgan fingerprint density at radius 2 is 2.29 bits per heavy atom. The van der Waals surface area contributed by atoms with Crippen molar-refractivity contribution < 1.29 is 9.84 Å². The summed E-state index contributed by atoms with van der Waals surface area (Å²) in [5.74, 6) is 1.04. The molecule has 0 heterocycles. The lowest BCUT2D eigenvalue weighted by Gasteiger charge is -2.09. The van der Waals surface area contributed by atoms with Gasteiger partial charge in [-0.15, -0.1) is 6.58 Å². The number of hydrogen-bond donors (Lipinski definition) is 1. The maximum atomic E-state index is 9.41. The molecule has 1 aromatic carbocycles. The third-order valence-electron chi connectivity index (χ3n) is 2.07. The second-order valence-electron chi connectivity index (χ2n) is 3.18.